The summed E-state index contributed by atoms with van der Waals surface area (Å²) in [5.74, 6) is -0.857. The molecule has 1 heterocycles. The van der Waals surface area contributed by atoms with E-state index in [0.717, 1.165) is 12.1 Å². The van der Waals surface area contributed by atoms with Gasteiger partial charge in [0.1, 0.15) is 21.6 Å². The maximum atomic E-state index is 13.0. The third kappa shape index (κ3) is 3.26. The van der Waals surface area contributed by atoms with Gasteiger partial charge in [0.25, 0.3) is 15.7 Å². The third-order valence-electron chi connectivity index (χ3n) is 2.42. The van der Waals surface area contributed by atoms with E-state index in [0.29, 0.717) is 6.07 Å². The summed E-state index contributed by atoms with van der Waals surface area (Å²) in [7, 11) is -4.18. The van der Waals surface area contributed by atoms with Crippen LogP contribution in [0.1, 0.15) is 0 Å². The molecule has 1 N–H and O–H groups in total. The number of nitro groups is 1. The summed E-state index contributed by atoms with van der Waals surface area (Å²) < 4.78 is 39.3. The molecular formula is C11H7ClFN3O4S. The number of nitrogens with zero attached hydrogens (tertiary/aromatic N) is 2. The van der Waals surface area contributed by atoms with E-state index in [1.807, 2.05) is 4.72 Å². The fourth-order valence-electron chi connectivity index (χ4n) is 1.51. The van der Waals surface area contributed by atoms with E-state index in [4.69, 9.17) is 11.6 Å². The zero-order valence-corrected chi connectivity index (χ0v) is 11.7. The van der Waals surface area contributed by atoms with Crippen molar-refractivity contribution in [3.05, 3.63) is 57.6 Å². The van der Waals surface area contributed by atoms with Gasteiger partial charge in [0.15, 0.2) is 0 Å². The second-order valence-corrected chi connectivity index (χ2v) is 5.83. The Bertz CT molecular complexity index is 813. The van der Waals surface area contributed by atoms with Gasteiger partial charge in [-0.05, 0) is 24.3 Å². The van der Waals surface area contributed by atoms with Crippen molar-refractivity contribution in [2.24, 2.45) is 0 Å². The zero-order chi connectivity index (χ0) is 15.6. The molecule has 7 nitrogen and oxygen atoms in total. The van der Waals surface area contributed by atoms with Crippen molar-refractivity contribution in [3.63, 3.8) is 0 Å². The van der Waals surface area contributed by atoms with E-state index in [2.05, 4.69) is 4.98 Å². The minimum Gasteiger partial charge on any atom is -0.273 e. The van der Waals surface area contributed by atoms with E-state index >= 15 is 0 Å². The summed E-state index contributed by atoms with van der Waals surface area (Å²) in [6.07, 6.45) is 1.29. The first-order valence-electron chi connectivity index (χ1n) is 5.38. The van der Waals surface area contributed by atoms with Crippen molar-refractivity contribution in [3.8, 4) is 0 Å². The highest BCUT2D eigenvalue weighted by Gasteiger charge is 2.23. The highest BCUT2D eigenvalue weighted by Crippen LogP contribution is 2.28. The molecular weight excluding hydrogens is 325 g/mol. The average Bonchev–Trinajstić information content (AvgIpc) is 2.40. The van der Waals surface area contributed by atoms with Crippen LogP contribution in [0.25, 0.3) is 0 Å². The number of anilines is 1. The van der Waals surface area contributed by atoms with Crippen LogP contribution in [0, 0.1) is 15.9 Å². The second-order valence-electron chi connectivity index (χ2n) is 3.82. The van der Waals surface area contributed by atoms with Crippen LogP contribution >= 0.6 is 11.6 Å². The fourth-order valence-corrected chi connectivity index (χ4v) is 3.04. The Balaban J connectivity index is 2.47. The Morgan fingerprint density at radius 2 is 2.05 bits per heavy atom. The standard InChI is InChI=1S/C11H7ClFN3O4S/c12-11-10(2-1-5-14-11)21(19,20)15-8-4-3-7(13)6-9(8)16(17)18/h1-6,15H. The van der Waals surface area contributed by atoms with Gasteiger partial charge < -0.3 is 0 Å². The molecule has 1 aromatic carbocycles. The van der Waals surface area contributed by atoms with Crippen molar-refractivity contribution in [2.75, 3.05) is 4.72 Å². The molecule has 0 spiro atoms. The Kier molecular flexibility index (Phi) is 4.05. The van der Waals surface area contributed by atoms with Gasteiger partial charge in [-0.3, -0.25) is 14.8 Å². The second kappa shape index (κ2) is 5.62. The number of pyridine rings is 1. The van der Waals surface area contributed by atoms with Crippen molar-refractivity contribution in [2.45, 2.75) is 4.90 Å². The quantitative estimate of drug-likeness (QED) is 0.527. The van der Waals surface area contributed by atoms with Crippen molar-refractivity contribution < 1.29 is 17.7 Å². The molecule has 0 unspecified atom stereocenters. The summed E-state index contributed by atoms with van der Waals surface area (Å²) in [5, 5.41) is 10.5. The van der Waals surface area contributed by atoms with Gasteiger partial charge in [0, 0.05) is 6.20 Å². The summed E-state index contributed by atoms with van der Waals surface area (Å²) in [6.45, 7) is 0. The van der Waals surface area contributed by atoms with Gasteiger partial charge in [-0.25, -0.2) is 17.8 Å². The topological polar surface area (TPSA) is 102 Å². The predicted molar refractivity (Wildman–Crippen MR) is 73.1 cm³/mol. The van der Waals surface area contributed by atoms with E-state index in [1.54, 1.807) is 0 Å². The summed E-state index contributed by atoms with van der Waals surface area (Å²) in [6, 6.07) is 5.00. The lowest BCUT2D eigenvalue weighted by Crippen LogP contribution is -2.15. The molecule has 0 saturated carbocycles. The van der Waals surface area contributed by atoms with Crippen LogP contribution in [0.4, 0.5) is 15.8 Å². The molecule has 0 amide bonds. The maximum Gasteiger partial charge on any atom is 0.296 e. The molecule has 0 bridgehead atoms. The smallest absolute Gasteiger partial charge is 0.273 e. The Labute approximate surface area is 123 Å². The molecule has 2 rings (SSSR count). The molecule has 110 valence electrons. The lowest BCUT2D eigenvalue weighted by atomic mass is 10.3. The van der Waals surface area contributed by atoms with Crippen LogP contribution in [0.2, 0.25) is 5.15 Å². The number of nitrogens with one attached hydrogen (secondary N) is 1. The lowest BCUT2D eigenvalue weighted by molar-refractivity contribution is -0.384. The molecule has 21 heavy (non-hydrogen) atoms. The highest BCUT2D eigenvalue weighted by atomic mass is 35.5. The van der Waals surface area contributed by atoms with Crippen LogP contribution in [0.15, 0.2) is 41.4 Å². The molecule has 0 radical (unpaired) electrons. The number of hydrogen-bond donors (Lipinski definition) is 1. The number of halogens is 2. The number of rotatable bonds is 4. The number of sulfonamides is 1. The van der Waals surface area contributed by atoms with Gasteiger partial charge in [0.05, 0.1) is 11.0 Å². The molecule has 0 aliphatic carbocycles. The molecule has 10 heteroatoms. The summed E-state index contributed by atoms with van der Waals surface area (Å²) >= 11 is 5.68. The van der Waals surface area contributed by atoms with Crippen LogP contribution in [0.5, 0.6) is 0 Å². The number of nitro benzene ring substituents is 1. The minimum atomic E-state index is -4.18. The minimum absolute atomic E-state index is 0.283. The molecule has 0 aliphatic heterocycles. The third-order valence-corrected chi connectivity index (χ3v) is 4.23. The largest absolute Gasteiger partial charge is 0.296 e. The SMILES string of the molecule is O=[N+]([O-])c1cc(F)ccc1NS(=O)(=O)c1cccnc1Cl. The lowest BCUT2D eigenvalue weighted by Gasteiger charge is -2.09. The Hall–Kier alpha value is -2.26. The first kappa shape index (κ1) is 15.1. The van der Waals surface area contributed by atoms with E-state index in [9.17, 15) is 22.9 Å². The van der Waals surface area contributed by atoms with E-state index in [1.165, 1.54) is 18.3 Å². The van der Waals surface area contributed by atoms with Gasteiger partial charge in [0.2, 0.25) is 0 Å². The number of aromatic nitrogens is 1. The molecule has 0 saturated heterocycles. The van der Waals surface area contributed by atoms with Crippen molar-refractivity contribution >= 4 is 33.0 Å². The fraction of sp³-hybridized carbons (Fsp3) is 0. The van der Waals surface area contributed by atoms with Crippen LogP contribution < -0.4 is 4.72 Å². The molecule has 1 aromatic heterocycles. The van der Waals surface area contributed by atoms with Crippen LogP contribution in [-0.2, 0) is 10.0 Å². The highest BCUT2D eigenvalue weighted by molar-refractivity contribution is 7.92. The summed E-state index contributed by atoms with van der Waals surface area (Å²) in [5.41, 5.74) is -1.08. The average molecular weight is 332 g/mol. The van der Waals surface area contributed by atoms with Gasteiger partial charge in [-0.2, -0.15) is 0 Å². The zero-order valence-electron chi connectivity index (χ0n) is 10.2. The van der Waals surface area contributed by atoms with Gasteiger partial charge >= 0.3 is 0 Å². The molecule has 2 aromatic rings. The van der Waals surface area contributed by atoms with E-state index < -0.39 is 26.5 Å². The van der Waals surface area contributed by atoms with Crippen molar-refractivity contribution in [1.29, 1.82) is 0 Å². The first-order chi connectivity index (χ1) is 9.81. The first-order valence-corrected chi connectivity index (χ1v) is 7.24. The number of benzene rings is 1. The monoisotopic (exact) mass is 331 g/mol. The Morgan fingerprint density at radius 1 is 1.33 bits per heavy atom. The van der Waals surface area contributed by atoms with Gasteiger partial charge in [-0.1, -0.05) is 11.6 Å². The number of hydrogen-bond acceptors (Lipinski definition) is 5. The summed E-state index contributed by atoms with van der Waals surface area (Å²) in [4.78, 5) is 13.2. The van der Waals surface area contributed by atoms with E-state index in [-0.39, 0.29) is 15.7 Å². The molecule has 0 fully saturated rings. The molecule has 0 atom stereocenters. The van der Waals surface area contributed by atoms with Crippen molar-refractivity contribution in [1.82, 2.24) is 4.98 Å². The predicted octanol–water partition coefficient (Wildman–Crippen LogP) is 2.58. The van der Waals surface area contributed by atoms with Crippen LogP contribution in [-0.4, -0.2) is 18.3 Å². The normalized spacial score (nSPS) is 11.1. The Morgan fingerprint density at radius 3 is 2.67 bits per heavy atom. The van der Waals surface area contributed by atoms with Gasteiger partial charge in [-0.15, -0.1) is 0 Å². The molecule has 0 aliphatic rings. The van der Waals surface area contributed by atoms with Crippen LogP contribution in [0.3, 0.4) is 0 Å². The maximum absolute atomic E-state index is 13.0.